The molecule has 5 nitrogen and oxygen atoms in total. The highest BCUT2D eigenvalue weighted by atomic mass is 19.1. The summed E-state index contributed by atoms with van der Waals surface area (Å²) in [5.41, 5.74) is 1.06. The maximum Gasteiger partial charge on any atom is 0.224 e. The largest absolute Gasteiger partial charge is 0.496 e. The predicted molar refractivity (Wildman–Crippen MR) is 76.7 cm³/mol. The van der Waals surface area contributed by atoms with Crippen molar-refractivity contribution in [3.05, 3.63) is 41.8 Å². The second-order valence-electron chi connectivity index (χ2n) is 4.13. The summed E-state index contributed by atoms with van der Waals surface area (Å²) >= 11 is 0. The maximum absolute atomic E-state index is 13.5. The zero-order valence-corrected chi connectivity index (χ0v) is 11.5. The number of hydrogen-bond acceptors (Lipinski definition) is 5. The molecule has 1 heterocycles. The molecule has 1 aromatic carbocycles. The molecule has 0 aliphatic carbocycles. The normalized spacial score (nSPS) is 10.2. The van der Waals surface area contributed by atoms with Gasteiger partial charge in [0.2, 0.25) is 5.95 Å². The quantitative estimate of drug-likeness (QED) is 0.848. The average molecular weight is 276 g/mol. The minimum atomic E-state index is -0.468. The molecule has 0 atom stereocenters. The van der Waals surface area contributed by atoms with Crippen LogP contribution in [0.2, 0.25) is 0 Å². The fourth-order valence-corrected chi connectivity index (χ4v) is 1.84. The average Bonchev–Trinajstić information content (AvgIpc) is 2.49. The summed E-state index contributed by atoms with van der Waals surface area (Å²) in [6.45, 7) is 0.553. The fraction of sp³-hybridized carbons (Fsp3) is 0.286. The molecule has 6 heteroatoms. The first kappa shape index (κ1) is 14.0. The number of benzene rings is 1. The topological polar surface area (TPSA) is 59.1 Å². The van der Waals surface area contributed by atoms with Crippen LogP contribution in [-0.2, 0) is 6.42 Å². The van der Waals surface area contributed by atoms with Gasteiger partial charge in [0.1, 0.15) is 5.75 Å². The van der Waals surface area contributed by atoms with Crippen LogP contribution in [0, 0.1) is 5.82 Å². The van der Waals surface area contributed by atoms with E-state index in [4.69, 9.17) is 4.74 Å². The molecule has 0 bridgehead atoms. The zero-order chi connectivity index (χ0) is 14.4. The maximum atomic E-state index is 13.5. The van der Waals surface area contributed by atoms with E-state index < -0.39 is 5.82 Å². The Kier molecular flexibility index (Phi) is 4.70. The van der Waals surface area contributed by atoms with Crippen molar-refractivity contribution in [3.8, 4) is 5.75 Å². The van der Waals surface area contributed by atoms with Gasteiger partial charge < -0.3 is 15.4 Å². The van der Waals surface area contributed by atoms with E-state index in [2.05, 4.69) is 20.6 Å². The van der Waals surface area contributed by atoms with Gasteiger partial charge >= 0.3 is 0 Å². The lowest BCUT2D eigenvalue weighted by Crippen LogP contribution is -2.10. The van der Waals surface area contributed by atoms with Crippen LogP contribution in [0.15, 0.2) is 30.5 Å². The smallest absolute Gasteiger partial charge is 0.224 e. The number of nitrogens with zero attached hydrogens (tertiary/aromatic N) is 2. The molecule has 2 N–H and O–H groups in total. The number of para-hydroxylation sites is 1. The zero-order valence-electron chi connectivity index (χ0n) is 11.5. The third kappa shape index (κ3) is 3.34. The van der Waals surface area contributed by atoms with Crippen LogP contribution in [0.4, 0.5) is 16.2 Å². The van der Waals surface area contributed by atoms with E-state index in [1.54, 1.807) is 14.2 Å². The molecule has 1 aromatic heterocycles. The van der Waals surface area contributed by atoms with Gasteiger partial charge in [-0.05, 0) is 18.1 Å². The van der Waals surface area contributed by atoms with Crippen LogP contribution in [0.25, 0.3) is 0 Å². The molecule has 0 unspecified atom stereocenters. The third-order valence-electron chi connectivity index (χ3n) is 2.85. The Balaban J connectivity index is 1.99. The van der Waals surface area contributed by atoms with Crippen LogP contribution in [0.5, 0.6) is 5.75 Å². The Morgan fingerprint density at radius 1 is 1.30 bits per heavy atom. The monoisotopic (exact) mass is 276 g/mol. The Hall–Kier alpha value is -2.37. The van der Waals surface area contributed by atoms with E-state index >= 15 is 0 Å². The molecule has 0 aliphatic heterocycles. The summed E-state index contributed by atoms with van der Waals surface area (Å²) in [4.78, 5) is 7.82. The Morgan fingerprint density at radius 3 is 2.85 bits per heavy atom. The lowest BCUT2D eigenvalue weighted by molar-refractivity contribution is 0.410. The van der Waals surface area contributed by atoms with E-state index in [-0.39, 0.29) is 5.82 Å². The van der Waals surface area contributed by atoms with E-state index in [9.17, 15) is 4.39 Å². The molecule has 0 saturated heterocycles. The van der Waals surface area contributed by atoms with Gasteiger partial charge in [-0.2, -0.15) is 4.98 Å². The molecule has 0 aliphatic rings. The molecule has 2 rings (SSSR count). The summed E-state index contributed by atoms with van der Waals surface area (Å²) < 4.78 is 18.8. The predicted octanol–water partition coefficient (Wildman–Crippen LogP) is 2.32. The second kappa shape index (κ2) is 6.70. The van der Waals surface area contributed by atoms with E-state index in [0.29, 0.717) is 18.9 Å². The van der Waals surface area contributed by atoms with Gasteiger partial charge in [0.25, 0.3) is 0 Å². The van der Waals surface area contributed by atoms with Crippen molar-refractivity contribution < 1.29 is 9.13 Å². The number of hydrogen-bond donors (Lipinski definition) is 2. The summed E-state index contributed by atoms with van der Waals surface area (Å²) in [5.74, 6) is 0.933. The first-order valence-electron chi connectivity index (χ1n) is 6.30. The molecule has 2 aromatic rings. The number of methoxy groups -OCH3 is 1. The number of aromatic nitrogens is 2. The first-order valence-corrected chi connectivity index (χ1v) is 6.30. The number of halogens is 1. The van der Waals surface area contributed by atoms with E-state index in [1.807, 2.05) is 24.3 Å². The molecule has 0 fully saturated rings. The molecule has 0 radical (unpaired) electrons. The van der Waals surface area contributed by atoms with Gasteiger partial charge in [0.05, 0.1) is 13.3 Å². The van der Waals surface area contributed by atoms with Crippen molar-refractivity contribution in [2.75, 3.05) is 31.3 Å². The highest BCUT2D eigenvalue weighted by Crippen LogP contribution is 2.18. The molecule has 0 saturated carbocycles. The van der Waals surface area contributed by atoms with Crippen molar-refractivity contribution in [1.82, 2.24) is 9.97 Å². The van der Waals surface area contributed by atoms with Crippen LogP contribution >= 0.6 is 0 Å². The highest BCUT2D eigenvalue weighted by molar-refractivity contribution is 5.41. The van der Waals surface area contributed by atoms with Crippen LogP contribution in [0.1, 0.15) is 5.56 Å². The minimum absolute atomic E-state index is 0.194. The van der Waals surface area contributed by atoms with Gasteiger partial charge in [-0.1, -0.05) is 18.2 Å². The lowest BCUT2D eigenvalue weighted by Gasteiger charge is -2.10. The molecule has 0 spiro atoms. The molecular weight excluding hydrogens is 259 g/mol. The van der Waals surface area contributed by atoms with Crippen LogP contribution in [0.3, 0.4) is 0 Å². The summed E-state index contributed by atoms with van der Waals surface area (Å²) in [7, 11) is 3.32. The van der Waals surface area contributed by atoms with Crippen molar-refractivity contribution in [2.24, 2.45) is 0 Å². The van der Waals surface area contributed by atoms with Gasteiger partial charge in [-0.25, -0.2) is 9.37 Å². The fourth-order valence-electron chi connectivity index (χ4n) is 1.84. The molecule has 20 heavy (non-hydrogen) atoms. The number of ether oxygens (including phenoxy) is 1. The summed E-state index contributed by atoms with van der Waals surface area (Å²) in [6.07, 6.45) is 1.85. The summed E-state index contributed by atoms with van der Waals surface area (Å²) in [6, 6.07) is 7.75. The standard InChI is InChI=1S/C14H17FN4O/c1-16-14-18-9-11(15)13(19-14)17-8-7-10-5-3-4-6-12(10)20-2/h3-6,9H,7-8H2,1-2H3,(H2,16,17,18,19). The Labute approximate surface area is 117 Å². The second-order valence-corrected chi connectivity index (χ2v) is 4.13. The summed E-state index contributed by atoms with van der Waals surface area (Å²) in [5, 5.41) is 5.74. The van der Waals surface area contributed by atoms with Gasteiger partial charge in [0, 0.05) is 13.6 Å². The van der Waals surface area contributed by atoms with Gasteiger partial charge in [0.15, 0.2) is 11.6 Å². The van der Waals surface area contributed by atoms with E-state index in [0.717, 1.165) is 17.5 Å². The van der Waals surface area contributed by atoms with Crippen molar-refractivity contribution in [2.45, 2.75) is 6.42 Å². The lowest BCUT2D eigenvalue weighted by atomic mass is 10.1. The minimum Gasteiger partial charge on any atom is -0.496 e. The number of anilines is 2. The van der Waals surface area contributed by atoms with Crippen LogP contribution in [-0.4, -0.2) is 30.7 Å². The van der Waals surface area contributed by atoms with Crippen LogP contribution < -0.4 is 15.4 Å². The van der Waals surface area contributed by atoms with Gasteiger partial charge in [-0.15, -0.1) is 0 Å². The Morgan fingerprint density at radius 2 is 2.10 bits per heavy atom. The SMILES string of the molecule is CNc1ncc(F)c(NCCc2ccccc2OC)n1. The molecule has 106 valence electrons. The van der Waals surface area contributed by atoms with Crippen molar-refractivity contribution in [3.63, 3.8) is 0 Å². The highest BCUT2D eigenvalue weighted by Gasteiger charge is 2.06. The number of rotatable bonds is 6. The van der Waals surface area contributed by atoms with Crippen molar-refractivity contribution >= 4 is 11.8 Å². The molecular formula is C14H17FN4O. The van der Waals surface area contributed by atoms with E-state index in [1.165, 1.54) is 0 Å². The number of nitrogens with one attached hydrogen (secondary N) is 2. The van der Waals surface area contributed by atoms with Crippen molar-refractivity contribution in [1.29, 1.82) is 0 Å². The Bertz CT molecular complexity index is 577. The third-order valence-corrected chi connectivity index (χ3v) is 2.85. The first-order chi connectivity index (χ1) is 9.74. The molecule has 0 amide bonds. The van der Waals surface area contributed by atoms with Gasteiger partial charge in [-0.3, -0.25) is 0 Å².